The summed E-state index contributed by atoms with van der Waals surface area (Å²) in [6.45, 7) is 0.551. The average molecular weight is 429 g/mol. The molecule has 0 aromatic heterocycles. The first-order valence-electron chi connectivity index (χ1n) is 9.81. The molecule has 1 saturated carbocycles. The maximum atomic E-state index is 12.3. The second-order valence-electron chi connectivity index (χ2n) is 7.79. The molecular formula is C23H29BrN2O. The molecule has 1 aliphatic carbocycles. The van der Waals surface area contributed by atoms with Crippen LogP contribution in [0.2, 0.25) is 0 Å². The van der Waals surface area contributed by atoms with Gasteiger partial charge >= 0.3 is 0 Å². The SMILES string of the molecule is CN(C)C1CCCCC1Cc1ccc(CNC(=O)c2cccc(Br)c2)cc1. The van der Waals surface area contributed by atoms with Crippen LogP contribution in [0.15, 0.2) is 53.0 Å². The lowest BCUT2D eigenvalue weighted by atomic mass is 9.80. The summed E-state index contributed by atoms with van der Waals surface area (Å²) in [7, 11) is 4.42. The molecule has 1 amide bonds. The van der Waals surface area contributed by atoms with E-state index in [1.807, 2.05) is 24.3 Å². The first-order valence-corrected chi connectivity index (χ1v) is 10.6. The van der Waals surface area contributed by atoms with Gasteiger partial charge in [-0.05, 0) is 68.6 Å². The van der Waals surface area contributed by atoms with Crippen molar-refractivity contribution in [1.29, 1.82) is 0 Å². The first-order chi connectivity index (χ1) is 13.0. The fourth-order valence-corrected chi connectivity index (χ4v) is 4.52. The van der Waals surface area contributed by atoms with Crippen LogP contribution < -0.4 is 5.32 Å². The fraction of sp³-hybridized carbons (Fsp3) is 0.435. The fourth-order valence-electron chi connectivity index (χ4n) is 4.12. The molecule has 0 bridgehead atoms. The van der Waals surface area contributed by atoms with Gasteiger partial charge in [0.15, 0.2) is 0 Å². The predicted octanol–water partition coefficient (Wildman–Crippen LogP) is 5.04. The van der Waals surface area contributed by atoms with Crippen LogP contribution in [0.3, 0.4) is 0 Å². The summed E-state index contributed by atoms with van der Waals surface area (Å²) in [4.78, 5) is 14.7. The molecular weight excluding hydrogens is 400 g/mol. The minimum atomic E-state index is -0.0450. The van der Waals surface area contributed by atoms with Gasteiger partial charge in [-0.3, -0.25) is 4.79 Å². The zero-order valence-electron chi connectivity index (χ0n) is 16.2. The summed E-state index contributed by atoms with van der Waals surface area (Å²) >= 11 is 3.41. The zero-order valence-corrected chi connectivity index (χ0v) is 17.8. The molecule has 2 aromatic rings. The molecule has 0 aliphatic heterocycles. The van der Waals surface area contributed by atoms with Crippen molar-refractivity contribution in [2.45, 2.75) is 44.7 Å². The van der Waals surface area contributed by atoms with E-state index in [0.717, 1.165) is 22.4 Å². The average Bonchev–Trinajstić information content (AvgIpc) is 2.67. The quantitative estimate of drug-likeness (QED) is 0.698. The van der Waals surface area contributed by atoms with E-state index in [4.69, 9.17) is 0 Å². The van der Waals surface area contributed by atoms with Crippen molar-refractivity contribution in [2.75, 3.05) is 14.1 Å². The van der Waals surface area contributed by atoms with Gasteiger partial charge in [-0.2, -0.15) is 0 Å². The second kappa shape index (κ2) is 9.52. The highest BCUT2D eigenvalue weighted by molar-refractivity contribution is 9.10. The number of halogens is 1. The smallest absolute Gasteiger partial charge is 0.251 e. The lowest BCUT2D eigenvalue weighted by Gasteiger charge is -2.36. The number of benzene rings is 2. The van der Waals surface area contributed by atoms with Gasteiger partial charge < -0.3 is 10.2 Å². The summed E-state index contributed by atoms with van der Waals surface area (Å²) in [6, 6.07) is 16.9. The van der Waals surface area contributed by atoms with Gasteiger partial charge in [0.25, 0.3) is 5.91 Å². The number of amides is 1. The largest absolute Gasteiger partial charge is 0.348 e. The minimum absolute atomic E-state index is 0.0450. The van der Waals surface area contributed by atoms with E-state index >= 15 is 0 Å². The highest BCUT2D eigenvalue weighted by Crippen LogP contribution is 2.30. The van der Waals surface area contributed by atoms with Gasteiger partial charge in [0.1, 0.15) is 0 Å². The number of nitrogens with zero attached hydrogens (tertiary/aromatic N) is 1. The number of carbonyl (C=O) groups excluding carboxylic acids is 1. The Labute approximate surface area is 171 Å². The summed E-state index contributed by atoms with van der Waals surface area (Å²) in [5, 5.41) is 3.00. The van der Waals surface area contributed by atoms with E-state index in [1.165, 1.54) is 31.2 Å². The molecule has 2 aromatic carbocycles. The number of carbonyl (C=O) groups is 1. The highest BCUT2D eigenvalue weighted by atomic mass is 79.9. The monoisotopic (exact) mass is 428 g/mol. The van der Waals surface area contributed by atoms with Gasteiger partial charge in [-0.15, -0.1) is 0 Å². The first kappa shape index (κ1) is 20.1. The Morgan fingerprint density at radius 1 is 1.07 bits per heavy atom. The van der Waals surface area contributed by atoms with Crippen LogP contribution in [0, 0.1) is 5.92 Å². The summed E-state index contributed by atoms with van der Waals surface area (Å²) in [5.74, 6) is 0.701. The Balaban J connectivity index is 1.55. The van der Waals surface area contributed by atoms with Crippen LogP contribution >= 0.6 is 15.9 Å². The van der Waals surface area contributed by atoms with Crippen LogP contribution in [0.4, 0.5) is 0 Å². The normalized spacial score (nSPS) is 19.9. The topological polar surface area (TPSA) is 32.3 Å². The molecule has 1 aliphatic rings. The molecule has 0 spiro atoms. The molecule has 0 saturated heterocycles. The minimum Gasteiger partial charge on any atom is -0.348 e. The van der Waals surface area contributed by atoms with E-state index in [-0.39, 0.29) is 5.91 Å². The number of rotatable bonds is 6. The molecule has 1 fully saturated rings. The molecule has 27 heavy (non-hydrogen) atoms. The van der Waals surface area contributed by atoms with Crippen LogP contribution in [-0.4, -0.2) is 30.9 Å². The third-order valence-corrected chi connectivity index (χ3v) is 6.09. The van der Waals surface area contributed by atoms with Gasteiger partial charge in [0.2, 0.25) is 0 Å². The van der Waals surface area contributed by atoms with Gasteiger partial charge in [-0.25, -0.2) is 0 Å². The van der Waals surface area contributed by atoms with Crippen molar-refractivity contribution in [3.8, 4) is 0 Å². The number of hydrogen-bond donors (Lipinski definition) is 1. The molecule has 1 N–H and O–H groups in total. The molecule has 2 unspecified atom stereocenters. The van der Waals surface area contributed by atoms with E-state index in [9.17, 15) is 4.79 Å². The number of nitrogens with one attached hydrogen (secondary N) is 1. The van der Waals surface area contributed by atoms with Crippen molar-refractivity contribution in [2.24, 2.45) is 5.92 Å². The van der Waals surface area contributed by atoms with E-state index in [2.05, 4.69) is 64.5 Å². The molecule has 0 radical (unpaired) electrons. The van der Waals surface area contributed by atoms with Gasteiger partial charge in [0.05, 0.1) is 0 Å². The van der Waals surface area contributed by atoms with E-state index < -0.39 is 0 Å². The van der Waals surface area contributed by atoms with Crippen molar-refractivity contribution in [1.82, 2.24) is 10.2 Å². The highest BCUT2D eigenvalue weighted by Gasteiger charge is 2.26. The van der Waals surface area contributed by atoms with Crippen molar-refractivity contribution in [3.63, 3.8) is 0 Å². The zero-order chi connectivity index (χ0) is 19.2. The van der Waals surface area contributed by atoms with Gasteiger partial charge in [0, 0.05) is 22.6 Å². The lowest BCUT2D eigenvalue weighted by Crippen LogP contribution is -2.38. The predicted molar refractivity (Wildman–Crippen MR) is 115 cm³/mol. The van der Waals surface area contributed by atoms with Crippen LogP contribution in [-0.2, 0) is 13.0 Å². The van der Waals surface area contributed by atoms with Gasteiger partial charge in [-0.1, -0.05) is 59.1 Å². The second-order valence-corrected chi connectivity index (χ2v) is 8.70. The van der Waals surface area contributed by atoms with Crippen molar-refractivity contribution in [3.05, 3.63) is 69.7 Å². The molecule has 3 rings (SSSR count). The standard InChI is InChI=1S/C23H29BrN2O/c1-26(2)22-9-4-3-6-19(22)14-17-10-12-18(13-11-17)16-25-23(27)20-7-5-8-21(24)15-20/h5,7-8,10-13,15,19,22H,3-4,6,9,14,16H2,1-2H3,(H,25,27). The Morgan fingerprint density at radius 3 is 2.48 bits per heavy atom. The maximum absolute atomic E-state index is 12.3. The van der Waals surface area contributed by atoms with E-state index in [0.29, 0.717) is 18.2 Å². The Bertz CT molecular complexity index is 757. The Morgan fingerprint density at radius 2 is 1.78 bits per heavy atom. The summed E-state index contributed by atoms with van der Waals surface area (Å²) < 4.78 is 0.915. The molecule has 4 heteroatoms. The van der Waals surface area contributed by atoms with Crippen molar-refractivity contribution < 1.29 is 4.79 Å². The van der Waals surface area contributed by atoms with Crippen LogP contribution in [0.1, 0.15) is 47.2 Å². The number of hydrogen-bond acceptors (Lipinski definition) is 2. The third-order valence-electron chi connectivity index (χ3n) is 5.59. The molecule has 3 nitrogen and oxygen atoms in total. The van der Waals surface area contributed by atoms with Crippen LogP contribution in [0.25, 0.3) is 0 Å². The third kappa shape index (κ3) is 5.66. The molecule has 0 heterocycles. The van der Waals surface area contributed by atoms with Crippen molar-refractivity contribution >= 4 is 21.8 Å². The maximum Gasteiger partial charge on any atom is 0.251 e. The van der Waals surface area contributed by atoms with E-state index in [1.54, 1.807) is 0 Å². The Kier molecular flexibility index (Phi) is 7.08. The lowest BCUT2D eigenvalue weighted by molar-refractivity contribution is 0.0951. The molecule has 2 atom stereocenters. The molecule has 144 valence electrons. The summed E-state index contributed by atoms with van der Waals surface area (Å²) in [6.07, 6.45) is 6.50. The Hall–Kier alpha value is -1.65. The van der Waals surface area contributed by atoms with Crippen LogP contribution in [0.5, 0.6) is 0 Å². The summed E-state index contributed by atoms with van der Waals surface area (Å²) in [5.41, 5.74) is 3.21.